The smallest absolute Gasteiger partial charge is 0.243 e. The van der Waals surface area contributed by atoms with E-state index in [-0.39, 0.29) is 22.5 Å². The normalized spacial score (nSPS) is 16.4. The predicted molar refractivity (Wildman–Crippen MR) is 120 cm³/mol. The summed E-state index contributed by atoms with van der Waals surface area (Å²) in [5.74, 6) is -0.205. The summed E-state index contributed by atoms with van der Waals surface area (Å²) >= 11 is 0. The van der Waals surface area contributed by atoms with Crippen LogP contribution in [0, 0.1) is 5.92 Å². The van der Waals surface area contributed by atoms with E-state index < -0.39 is 20.0 Å². The number of nitrogens with zero attached hydrogens (tertiary/aromatic N) is 2. The molecule has 1 aromatic carbocycles. The number of carbonyl (C=O) groups is 1. The summed E-state index contributed by atoms with van der Waals surface area (Å²) in [6.45, 7) is 8.57. The molecular weight excluding hydrogens is 442 g/mol. The molecule has 0 aliphatic carbocycles. The molecule has 0 radical (unpaired) electrons. The molecular formula is C20H33N3O6S2. The maximum Gasteiger partial charge on any atom is 0.243 e. The minimum atomic E-state index is -3.69. The third kappa shape index (κ3) is 5.97. The maximum atomic E-state index is 12.9. The molecule has 1 aliphatic rings. The lowest BCUT2D eigenvalue weighted by Crippen LogP contribution is -2.42. The van der Waals surface area contributed by atoms with Crippen molar-refractivity contribution in [2.24, 2.45) is 5.92 Å². The lowest BCUT2D eigenvalue weighted by molar-refractivity contribution is -0.120. The number of carbonyl (C=O) groups excluding carboxylic acids is 1. The minimum Gasteiger partial charge on any atom is -0.492 e. The molecule has 0 atom stereocenters. The zero-order chi connectivity index (χ0) is 23.2. The number of piperidine rings is 1. The number of ether oxygens (including phenoxy) is 1. The largest absolute Gasteiger partial charge is 0.492 e. The van der Waals surface area contributed by atoms with Gasteiger partial charge in [-0.15, -0.1) is 0 Å². The van der Waals surface area contributed by atoms with Crippen molar-refractivity contribution >= 4 is 31.6 Å². The van der Waals surface area contributed by atoms with Crippen LogP contribution in [0.4, 0.5) is 5.69 Å². The molecule has 0 aromatic heterocycles. The Hall–Kier alpha value is -1.69. The molecule has 9 nitrogen and oxygen atoms in total. The molecule has 1 N–H and O–H groups in total. The fourth-order valence-corrected chi connectivity index (χ4v) is 6.19. The molecule has 1 aromatic rings. The first-order valence-electron chi connectivity index (χ1n) is 10.7. The summed E-state index contributed by atoms with van der Waals surface area (Å²) in [4.78, 5) is 12.9. The maximum absolute atomic E-state index is 12.9. The molecule has 0 bridgehead atoms. The molecule has 2 rings (SSSR count). The van der Waals surface area contributed by atoms with E-state index in [4.69, 9.17) is 4.74 Å². The molecule has 1 saturated heterocycles. The van der Waals surface area contributed by atoms with Crippen molar-refractivity contribution in [2.45, 2.75) is 45.4 Å². The van der Waals surface area contributed by atoms with Crippen LogP contribution in [0.25, 0.3) is 0 Å². The van der Waals surface area contributed by atoms with Gasteiger partial charge in [-0.1, -0.05) is 13.8 Å². The van der Waals surface area contributed by atoms with Gasteiger partial charge in [0.1, 0.15) is 5.75 Å². The average molecular weight is 476 g/mol. The Morgan fingerprint density at radius 2 is 1.71 bits per heavy atom. The molecule has 1 amide bonds. The van der Waals surface area contributed by atoms with Crippen LogP contribution >= 0.6 is 0 Å². The van der Waals surface area contributed by atoms with Crippen molar-refractivity contribution in [3.63, 3.8) is 0 Å². The summed E-state index contributed by atoms with van der Waals surface area (Å²) in [5.41, 5.74) is 0.295. The van der Waals surface area contributed by atoms with Gasteiger partial charge in [0.15, 0.2) is 0 Å². The highest BCUT2D eigenvalue weighted by Gasteiger charge is 2.31. The SMILES string of the molecule is CCOc1ccc(S(=O)(=O)N(CC)CC)cc1NC(=O)C1CCN(S(=O)(=O)CC)CC1. The highest BCUT2D eigenvalue weighted by molar-refractivity contribution is 7.89. The third-order valence-corrected chi connectivity index (χ3v) is 9.36. The van der Waals surface area contributed by atoms with Gasteiger partial charge in [-0.3, -0.25) is 4.79 Å². The van der Waals surface area contributed by atoms with Crippen molar-refractivity contribution in [2.75, 3.05) is 43.9 Å². The number of nitrogens with one attached hydrogen (secondary N) is 1. The van der Waals surface area contributed by atoms with Crippen molar-refractivity contribution in [1.82, 2.24) is 8.61 Å². The minimum absolute atomic E-state index is 0.0371. The highest BCUT2D eigenvalue weighted by atomic mass is 32.2. The Morgan fingerprint density at radius 1 is 1.10 bits per heavy atom. The van der Waals surface area contributed by atoms with Gasteiger partial charge in [0.05, 0.1) is 22.9 Å². The summed E-state index contributed by atoms with van der Waals surface area (Å²) < 4.78 is 58.1. The van der Waals surface area contributed by atoms with Crippen LogP contribution in [0.1, 0.15) is 40.5 Å². The number of rotatable bonds is 10. The standard InChI is InChI=1S/C20H33N3O6S2/c1-5-22(6-2)31(27,28)17-9-10-19(29-7-3)18(15-17)21-20(24)16-11-13-23(14-12-16)30(25,26)8-4/h9-10,15-16H,5-8,11-14H2,1-4H3,(H,21,24). The van der Waals surface area contributed by atoms with Gasteiger partial charge in [-0.05, 0) is 44.9 Å². The molecule has 31 heavy (non-hydrogen) atoms. The second kappa shape index (κ2) is 10.8. The van der Waals surface area contributed by atoms with Crippen LogP contribution in [-0.4, -0.2) is 69.9 Å². The Morgan fingerprint density at radius 3 is 2.23 bits per heavy atom. The van der Waals surface area contributed by atoms with Gasteiger partial charge < -0.3 is 10.1 Å². The summed E-state index contributed by atoms with van der Waals surface area (Å²) in [5, 5.41) is 2.81. The van der Waals surface area contributed by atoms with E-state index >= 15 is 0 Å². The molecule has 0 unspecified atom stereocenters. The lowest BCUT2D eigenvalue weighted by Gasteiger charge is -2.30. The van der Waals surface area contributed by atoms with Gasteiger partial charge in [0.25, 0.3) is 0 Å². The summed E-state index contributed by atoms with van der Waals surface area (Å²) in [6.07, 6.45) is 0.818. The molecule has 1 aliphatic heterocycles. The van der Waals surface area contributed by atoms with E-state index in [1.165, 1.54) is 20.7 Å². The first-order valence-corrected chi connectivity index (χ1v) is 13.7. The first-order chi connectivity index (χ1) is 14.6. The zero-order valence-corrected chi connectivity index (χ0v) is 20.3. The Kier molecular flexibility index (Phi) is 8.87. The van der Waals surface area contributed by atoms with Crippen LogP contribution in [0.2, 0.25) is 0 Å². The molecule has 0 spiro atoms. The zero-order valence-electron chi connectivity index (χ0n) is 18.6. The van der Waals surface area contributed by atoms with Gasteiger partial charge in [-0.2, -0.15) is 4.31 Å². The van der Waals surface area contributed by atoms with Crippen molar-refractivity contribution in [1.29, 1.82) is 0 Å². The molecule has 11 heteroatoms. The Labute approximate surface area is 185 Å². The van der Waals surface area contributed by atoms with Crippen LogP contribution in [-0.2, 0) is 24.8 Å². The van der Waals surface area contributed by atoms with E-state index in [1.807, 2.05) is 0 Å². The molecule has 1 heterocycles. The Balaban J connectivity index is 2.22. The van der Waals surface area contributed by atoms with Crippen LogP contribution in [0.3, 0.4) is 0 Å². The van der Waals surface area contributed by atoms with Crippen molar-refractivity contribution in [3.05, 3.63) is 18.2 Å². The fourth-order valence-electron chi connectivity index (χ4n) is 3.57. The number of anilines is 1. The number of hydrogen-bond donors (Lipinski definition) is 1. The second-order valence-corrected chi connectivity index (χ2v) is 11.4. The second-order valence-electron chi connectivity index (χ2n) is 7.24. The van der Waals surface area contributed by atoms with Gasteiger partial charge >= 0.3 is 0 Å². The van der Waals surface area contributed by atoms with Crippen LogP contribution in [0.15, 0.2) is 23.1 Å². The van der Waals surface area contributed by atoms with Gasteiger partial charge in [-0.25, -0.2) is 21.1 Å². The quantitative estimate of drug-likeness (QED) is 0.555. The third-order valence-electron chi connectivity index (χ3n) is 5.43. The highest BCUT2D eigenvalue weighted by Crippen LogP contribution is 2.31. The van der Waals surface area contributed by atoms with E-state index in [0.717, 1.165) is 0 Å². The number of hydrogen-bond acceptors (Lipinski definition) is 6. The number of benzene rings is 1. The van der Waals surface area contributed by atoms with Crippen molar-refractivity contribution in [3.8, 4) is 5.75 Å². The number of amides is 1. The van der Waals surface area contributed by atoms with Gasteiger partial charge in [0, 0.05) is 32.1 Å². The van der Waals surface area contributed by atoms with E-state index in [1.54, 1.807) is 33.8 Å². The summed E-state index contributed by atoms with van der Waals surface area (Å²) in [6, 6.07) is 4.45. The lowest BCUT2D eigenvalue weighted by atomic mass is 9.97. The predicted octanol–water partition coefficient (Wildman–Crippen LogP) is 2.12. The number of sulfonamides is 2. The van der Waals surface area contributed by atoms with Crippen molar-refractivity contribution < 1.29 is 26.4 Å². The topological polar surface area (TPSA) is 113 Å². The van der Waals surface area contributed by atoms with E-state index in [9.17, 15) is 21.6 Å². The van der Waals surface area contributed by atoms with Crippen LogP contribution < -0.4 is 10.1 Å². The monoisotopic (exact) mass is 475 g/mol. The Bertz CT molecular complexity index is 967. The molecule has 0 saturated carbocycles. The van der Waals surface area contributed by atoms with Crippen LogP contribution in [0.5, 0.6) is 5.75 Å². The van der Waals surface area contributed by atoms with E-state index in [2.05, 4.69) is 5.32 Å². The molecule has 176 valence electrons. The average Bonchev–Trinajstić information content (AvgIpc) is 2.75. The summed E-state index contributed by atoms with van der Waals surface area (Å²) in [7, 11) is -6.96. The molecule has 1 fully saturated rings. The van der Waals surface area contributed by atoms with Gasteiger partial charge in [0.2, 0.25) is 26.0 Å². The first kappa shape index (κ1) is 25.6. The van der Waals surface area contributed by atoms with E-state index in [0.29, 0.717) is 57.1 Å². The fraction of sp³-hybridized carbons (Fsp3) is 0.650.